The molecule has 0 aliphatic carbocycles. The highest BCUT2D eigenvalue weighted by molar-refractivity contribution is 7.09. The largest absolute Gasteiger partial charge is 0.481 e. The summed E-state index contributed by atoms with van der Waals surface area (Å²) in [6.45, 7) is 3.25. The number of rotatable bonds is 2. The fourth-order valence-corrected chi connectivity index (χ4v) is 2.85. The molecule has 2 N–H and O–H groups in total. The first-order chi connectivity index (χ1) is 6.70. The molecule has 2 unspecified atom stereocenters. The lowest BCUT2D eigenvalue weighted by atomic mass is 9.94. The molecule has 0 amide bonds. The first-order valence-electron chi connectivity index (χ1n) is 4.53. The third kappa shape index (κ3) is 1.53. The zero-order chi connectivity index (χ0) is 10.1. The van der Waals surface area contributed by atoms with E-state index in [-0.39, 0.29) is 11.8 Å². The van der Waals surface area contributed by atoms with Crippen LogP contribution in [0.1, 0.15) is 16.5 Å². The van der Waals surface area contributed by atoms with Crippen molar-refractivity contribution in [1.82, 2.24) is 10.3 Å². The predicted molar refractivity (Wildman–Crippen MR) is 53.6 cm³/mol. The fourth-order valence-electron chi connectivity index (χ4n) is 1.88. The van der Waals surface area contributed by atoms with Crippen molar-refractivity contribution >= 4 is 17.3 Å². The van der Waals surface area contributed by atoms with Crippen molar-refractivity contribution in [2.24, 2.45) is 5.92 Å². The number of aromatic nitrogens is 1. The minimum Gasteiger partial charge on any atom is -0.481 e. The molecule has 4 nitrogen and oxygen atoms in total. The summed E-state index contributed by atoms with van der Waals surface area (Å²) in [7, 11) is 0. The van der Waals surface area contributed by atoms with Gasteiger partial charge in [-0.1, -0.05) is 0 Å². The first kappa shape index (κ1) is 9.61. The predicted octanol–water partition coefficient (Wildman–Crippen LogP) is 0.839. The van der Waals surface area contributed by atoms with Gasteiger partial charge in [0.25, 0.3) is 0 Å². The van der Waals surface area contributed by atoms with Crippen LogP contribution in [0, 0.1) is 12.8 Å². The molecule has 0 spiro atoms. The van der Waals surface area contributed by atoms with Crippen LogP contribution in [0.25, 0.3) is 0 Å². The van der Waals surface area contributed by atoms with E-state index < -0.39 is 5.97 Å². The Bertz CT molecular complexity index is 350. The van der Waals surface area contributed by atoms with Gasteiger partial charge in [-0.15, -0.1) is 11.3 Å². The second kappa shape index (κ2) is 3.67. The number of carbonyl (C=O) groups is 1. The Morgan fingerprint density at radius 3 is 3.07 bits per heavy atom. The summed E-state index contributed by atoms with van der Waals surface area (Å²) in [6.07, 6.45) is 0. The van der Waals surface area contributed by atoms with E-state index in [9.17, 15) is 4.79 Å². The zero-order valence-corrected chi connectivity index (χ0v) is 8.67. The van der Waals surface area contributed by atoms with Gasteiger partial charge in [0.2, 0.25) is 0 Å². The van der Waals surface area contributed by atoms with Crippen molar-refractivity contribution in [3.05, 3.63) is 16.1 Å². The number of thiazole rings is 1. The monoisotopic (exact) mass is 212 g/mol. The van der Waals surface area contributed by atoms with Gasteiger partial charge in [0, 0.05) is 23.9 Å². The molecule has 0 bridgehead atoms. The molecule has 1 aliphatic rings. The van der Waals surface area contributed by atoms with Crippen LogP contribution in [0.2, 0.25) is 0 Å². The van der Waals surface area contributed by atoms with E-state index in [4.69, 9.17) is 5.11 Å². The quantitative estimate of drug-likeness (QED) is 0.762. The molecular weight excluding hydrogens is 200 g/mol. The molecule has 2 rings (SSSR count). The number of hydrogen-bond donors (Lipinski definition) is 2. The Morgan fingerprint density at radius 2 is 2.50 bits per heavy atom. The molecule has 76 valence electrons. The van der Waals surface area contributed by atoms with Crippen LogP contribution >= 0.6 is 11.3 Å². The van der Waals surface area contributed by atoms with E-state index in [1.165, 1.54) is 0 Å². The summed E-state index contributed by atoms with van der Waals surface area (Å²) >= 11 is 1.55. The summed E-state index contributed by atoms with van der Waals surface area (Å²) in [5.74, 6) is -0.915. The lowest BCUT2D eigenvalue weighted by Crippen LogP contribution is -2.20. The maximum absolute atomic E-state index is 11.0. The molecule has 0 aromatic carbocycles. The highest BCUT2D eigenvalue weighted by Crippen LogP contribution is 2.32. The Morgan fingerprint density at radius 1 is 1.71 bits per heavy atom. The van der Waals surface area contributed by atoms with Crippen LogP contribution in [0.5, 0.6) is 0 Å². The molecule has 14 heavy (non-hydrogen) atoms. The van der Waals surface area contributed by atoms with Gasteiger partial charge in [0.15, 0.2) is 0 Å². The van der Waals surface area contributed by atoms with E-state index in [1.54, 1.807) is 16.8 Å². The normalized spacial score (nSPS) is 26.6. The van der Waals surface area contributed by atoms with Gasteiger partial charge in [-0.3, -0.25) is 4.79 Å². The number of nitrogens with one attached hydrogen (secondary N) is 1. The number of carboxylic acids is 1. The Labute approximate surface area is 86.0 Å². The topological polar surface area (TPSA) is 62.2 Å². The van der Waals surface area contributed by atoms with Crippen molar-refractivity contribution in [2.75, 3.05) is 13.1 Å². The maximum Gasteiger partial charge on any atom is 0.308 e. The minimum absolute atomic E-state index is 0.0972. The standard InChI is InChI=1S/C9H12N2O2S/c1-5-8(14-4-11-5)6-2-10-3-7(6)9(12)13/h4,6-7,10H,2-3H2,1H3,(H,12,13). The van der Waals surface area contributed by atoms with Crippen LogP contribution < -0.4 is 5.32 Å². The highest BCUT2D eigenvalue weighted by atomic mass is 32.1. The van der Waals surface area contributed by atoms with Crippen LogP contribution in [0.15, 0.2) is 5.51 Å². The third-order valence-electron chi connectivity index (χ3n) is 2.65. The van der Waals surface area contributed by atoms with E-state index in [0.29, 0.717) is 6.54 Å². The molecule has 2 heterocycles. The van der Waals surface area contributed by atoms with Crippen LogP contribution in [-0.2, 0) is 4.79 Å². The van der Waals surface area contributed by atoms with E-state index >= 15 is 0 Å². The molecule has 1 aliphatic heterocycles. The Hall–Kier alpha value is -0.940. The van der Waals surface area contributed by atoms with E-state index in [2.05, 4.69) is 10.3 Å². The summed E-state index contributed by atoms with van der Waals surface area (Å²) in [4.78, 5) is 16.2. The molecule has 1 aromatic heterocycles. The molecule has 2 atom stereocenters. The minimum atomic E-state index is -0.715. The number of carboxylic acid groups (broad SMARTS) is 1. The smallest absolute Gasteiger partial charge is 0.308 e. The van der Waals surface area contributed by atoms with Crippen LogP contribution in [-0.4, -0.2) is 29.1 Å². The van der Waals surface area contributed by atoms with Crippen molar-refractivity contribution in [3.63, 3.8) is 0 Å². The second-order valence-electron chi connectivity index (χ2n) is 3.51. The van der Waals surface area contributed by atoms with Crippen molar-refractivity contribution < 1.29 is 9.90 Å². The van der Waals surface area contributed by atoms with Gasteiger partial charge in [0.1, 0.15) is 0 Å². The van der Waals surface area contributed by atoms with Gasteiger partial charge in [-0.2, -0.15) is 0 Å². The summed E-state index contributed by atoms with van der Waals surface area (Å²) in [5.41, 5.74) is 2.75. The average molecular weight is 212 g/mol. The highest BCUT2D eigenvalue weighted by Gasteiger charge is 2.35. The molecule has 0 radical (unpaired) electrons. The summed E-state index contributed by atoms with van der Waals surface area (Å²) in [5, 5.41) is 12.1. The third-order valence-corrected chi connectivity index (χ3v) is 3.71. The van der Waals surface area contributed by atoms with Crippen molar-refractivity contribution in [3.8, 4) is 0 Å². The Balaban J connectivity index is 2.26. The van der Waals surface area contributed by atoms with E-state index in [1.807, 2.05) is 6.92 Å². The molecular formula is C9H12N2O2S. The van der Waals surface area contributed by atoms with Gasteiger partial charge >= 0.3 is 5.97 Å². The first-order valence-corrected chi connectivity index (χ1v) is 5.41. The average Bonchev–Trinajstić information content (AvgIpc) is 2.70. The van der Waals surface area contributed by atoms with Gasteiger partial charge in [0.05, 0.1) is 17.1 Å². The molecule has 0 saturated carbocycles. The lowest BCUT2D eigenvalue weighted by molar-refractivity contribution is -0.141. The SMILES string of the molecule is Cc1ncsc1C1CNCC1C(=O)O. The molecule has 5 heteroatoms. The molecule has 1 aromatic rings. The van der Waals surface area contributed by atoms with Crippen LogP contribution in [0.3, 0.4) is 0 Å². The summed E-state index contributed by atoms with van der Waals surface area (Å²) < 4.78 is 0. The summed E-state index contributed by atoms with van der Waals surface area (Å²) in [6, 6.07) is 0. The fraction of sp³-hybridized carbons (Fsp3) is 0.556. The maximum atomic E-state index is 11.0. The van der Waals surface area contributed by atoms with Crippen molar-refractivity contribution in [1.29, 1.82) is 0 Å². The van der Waals surface area contributed by atoms with Crippen LogP contribution in [0.4, 0.5) is 0 Å². The van der Waals surface area contributed by atoms with Gasteiger partial charge < -0.3 is 10.4 Å². The lowest BCUT2D eigenvalue weighted by Gasteiger charge is -2.12. The number of nitrogens with zero attached hydrogens (tertiary/aromatic N) is 1. The Kier molecular flexibility index (Phi) is 2.52. The number of aliphatic carboxylic acids is 1. The number of aryl methyl sites for hydroxylation is 1. The molecule has 1 fully saturated rings. The number of hydrogen-bond acceptors (Lipinski definition) is 4. The van der Waals surface area contributed by atoms with Gasteiger partial charge in [-0.25, -0.2) is 4.98 Å². The zero-order valence-electron chi connectivity index (χ0n) is 7.86. The molecule has 1 saturated heterocycles. The van der Waals surface area contributed by atoms with E-state index in [0.717, 1.165) is 17.1 Å². The van der Waals surface area contributed by atoms with Gasteiger partial charge in [-0.05, 0) is 6.92 Å². The second-order valence-corrected chi connectivity index (χ2v) is 4.40. The van der Waals surface area contributed by atoms with Crippen molar-refractivity contribution in [2.45, 2.75) is 12.8 Å².